The van der Waals surface area contributed by atoms with Crippen molar-refractivity contribution >= 4 is 17.9 Å². The van der Waals surface area contributed by atoms with Gasteiger partial charge in [0.05, 0.1) is 0 Å². The molecule has 0 aromatic heterocycles. The summed E-state index contributed by atoms with van der Waals surface area (Å²) in [4.78, 5) is 22.3. The lowest BCUT2D eigenvalue weighted by molar-refractivity contribution is -0.124. The smallest absolute Gasteiger partial charge is 0.267 e. The fourth-order valence-electron chi connectivity index (χ4n) is 1.85. The summed E-state index contributed by atoms with van der Waals surface area (Å²) in [6.45, 7) is 3.89. The SMILES string of the molecule is CC(C)NC(=O)CCCc1ccc(/C=C/C(=O)NO)cc1. The molecule has 0 aliphatic heterocycles. The van der Waals surface area contributed by atoms with Crippen LogP contribution >= 0.6 is 0 Å². The molecule has 3 N–H and O–H groups in total. The first kappa shape index (κ1) is 16.9. The van der Waals surface area contributed by atoms with E-state index in [0.717, 1.165) is 24.0 Å². The fraction of sp³-hybridized carbons (Fsp3) is 0.375. The van der Waals surface area contributed by atoms with Crippen LogP contribution in [0.5, 0.6) is 0 Å². The van der Waals surface area contributed by atoms with Gasteiger partial charge < -0.3 is 5.32 Å². The number of hydrogen-bond acceptors (Lipinski definition) is 3. The van der Waals surface area contributed by atoms with Crippen LogP contribution in [-0.4, -0.2) is 23.1 Å². The number of nitrogens with one attached hydrogen (secondary N) is 2. The lowest BCUT2D eigenvalue weighted by Crippen LogP contribution is -2.29. The Morgan fingerprint density at radius 3 is 2.48 bits per heavy atom. The quantitative estimate of drug-likeness (QED) is 0.408. The van der Waals surface area contributed by atoms with Crippen LogP contribution in [0, 0.1) is 0 Å². The first-order chi connectivity index (χ1) is 10.0. The van der Waals surface area contributed by atoms with E-state index in [-0.39, 0.29) is 11.9 Å². The largest absolute Gasteiger partial charge is 0.354 e. The number of hydrogen-bond donors (Lipinski definition) is 3. The number of carbonyl (C=O) groups is 2. The second-order valence-electron chi connectivity index (χ2n) is 5.13. The molecule has 0 unspecified atom stereocenters. The van der Waals surface area contributed by atoms with Gasteiger partial charge in [-0.2, -0.15) is 0 Å². The van der Waals surface area contributed by atoms with Gasteiger partial charge in [-0.3, -0.25) is 14.8 Å². The Morgan fingerprint density at radius 2 is 1.90 bits per heavy atom. The Hall–Kier alpha value is -2.14. The van der Waals surface area contributed by atoms with Gasteiger partial charge in [0.25, 0.3) is 5.91 Å². The summed E-state index contributed by atoms with van der Waals surface area (Å²) in [5.74, 6) is -0.477. The molecule has 2 amide bonds. The third-order valence-electron chi connectivity index (χ3n) is 2.84. The van der Waals surface area contributed by atoms with E-state index in [1.165, 1.54) is 11.6 Å². The van der Waals surface area contributed by atoms with Crippen molar-refractivity contribution in [1.29, 1.82) is 0 Å². The molecule has 0 atom stereocenters. The van der Waals surface area contributed by atoms with E-state index in [1.54, 1.807) is 6.08 Å². The monoisotopic (exact) mass is 290 g/mol. The molecule has 114 valence electrons. The molecule has 1 aromatic carbocycles. The van der Waals surface area contributed by atoms with Gasteiger partial charge in [0.2, 0.25) is 5.91 Å². The highest BCUT2D eigenvalue weighted by atomic mass is 16.5. The molecule has 0 bridgehead atoms. The van der Waals surface area contributed by atoms with Crippen LogP contribution in [0.4, 0.5) is 0 Å². The van der Waals surface area contributed by atoms with Gasteiger partial charge in [-0.25, -0.2) is 5.48 Å². The molecule has 5 nitrogen and oxygen atoms in total. The Morgan fingerprint density at radius 1 is 1.24 bits per heavy atom. The summed E-state index contributed by atoms with van der Waals surface area (Å²) < 4.78 is 0. The fourth-order valence-corrected chi connectivity index (χ4v) is 1.85. The van der Waals surface area contributed by atoms with Crippen molar-refractivity contribution in [2.45, 2.75) is 39.2 Å². The summed E-state index contributed by atoms with van der Waals surface area (Å²) in [6.07, 6.45) is 5.04. The van der Waals surface area contributed by atoms with Crippen LogP contribution in [0.2, 0.25) is 0 Å². The summed E-state index contributed by atoms with van der Waals surface area (Å²) in [5, 5.41) is 11.2. The summed E-state index contributed by atoms with van der Waals surface area (Å²) >= 11 is 0. The molecule has 0 saturated heterocycles. The summed E-state index contributed by atoms with van der Waals surface area (Å²) in [5.41, 5.74) is 3.56. The molecular weight excluding hydrogens is 268 g/mol. The van der Waals surface area contributed by atoms with E-state index in [0.29, 0.717) is 6.42 Å². The first-order valence-electron chi connectivity index (χ1n) is 7.01. The van der Waals surface area contributed by atoms with Crippen molar-refractivity contribution in [3.63, 3.8) is 0 Å². The molecule has 0 aliphatic carbocycles. The van der Waals surface area contributed by atoms with Gasteiger partial charge in [0, 0.05) is 18.5 Å². The Kier molecular flexibility index (Phi) is 7.18. The average molecular weight is 290 g/mol. The molecule has 0 fully saturated rings. The minimum absolute atomic E-state index is 0.0829. The normalized spacial score (nSPS) is 10.9. The number of amides is 2. The maximum Gasteiger partial charge on any atom is 0.267 e. The summed E-state index contributed by atoms with van der Waals surface area (Å²) in [6, 6.07) is 7.91. The Bertz CT molecular complexity index is 493. The number of rotatable bonds is 7. The number of aryl methyl sites for hydroxylation is 1. The Labute approximate surface area is 125 Å². The summed E-state index contributed by atoms with van der Waals surface area (Å²) in [7, 11) is 0. The van der Waals surface area contributed by atoms with E-state index in [2.05, 4.69) is 5.32 Å². The minimum atomic E-state index is -0.560. The zero-order chi connectivity index (χ0) is 15.7. The highest BCUT2D eigenvalue weighted by Crippen LogP contribution is 2.09. The molecule has 0 saturated carbocycles. The Balaban J connectivity index is 2.39. The predicted octanol–water partition coefficient (Wildman–Crippen LogP) is 2.05. The average Bonchev–Trinajstić information content (AvgIpc) is 2.45. The molecule has 0 heterocycles. The van der Waals surface area contributed by atoms with E-state index >= 15 is 0 Å². The number of carbonyl (C=O) groups excluding carboxylic acids is 2. The number of hydroxylamine groups is 1. The second kappa shape index (κ2) is 8.92. The molecule has 5 heteroatoms. The maximum absolute atomic E-state index is 11.5. The van der Waals surface area contributed by atoms with Crippen molar-refractivity contribution in [3.05, 3.63) is 41.5 Å². The van der Waals surface area contributed by atoms with E-state index in [1.807, 2.05) is 38.1 Å². The molecular formula is C16H22N2O3. The van der Waals surface area contributed by atoms with Gasteiger partial charge >= 0.3 is 0 Å². The maximum atomic E-state index is 11.5. The third-order valence-corrected chi connectivity index (χ3v) is 2.84. The van der Waals surface area contributed by atoms with Crippen LogP contribution < -0.4 is 10.8 Å². The second-order valence-corrected chi connectivity index (χ2v) is 5.13. The van der Waals surface area contributed by atoms with Crippen molar-refractivity contribution in [1.82, 2.24) is 10.8 Å². The first-order valence-corrected chi connectivity index (χ1v) is 7.01. The topological polar surface area (TPSA) is 78.4 Å². The van der Waals surface area contributed by atoms with Gasteiger partial charge in [-0.1, -0.05) is 24.3 Å². The highest BCUT2D eigenvalue weighted by Gasteiger charge is 2.03. The van der Waals surface area contributed by atoms with E-state index in [4.69, 9.17) is 5.21 Å². The van der Waals surface area contributed by atoms with Gasteiger partial charge in [0.1, 0.15) is 0 Å². The van der Waals surface area contributed by atoms with Crippen molar-refractivity contribution in [2.24, 2.45) is 0 Å². The minimum Gasteiger partial charge on any atom is -0.354 e. The highest BCUT2D eigenvalue weighted by molar-refractivity contribution is 5.90. The predicted molar refractivity (Wildman–Crippen MR) is 81.6 cm³/mol. The molecule has 1 rings (SSSR count). The van der Waals surface area contributed by atoms with Crippen molar-refractivity contribution in [3.8, 4) is 0 Å². The van der Waals surface area contributed by atoms with Crippen LogP contribution in [0.3, 0.4) is 0 Å². The molecule has 1 aromatic rings. The van der Waals surface area contributed by atoms with Crippen LogP contribution in [0.1, 0.15) is 37.8 Å². The lowest BCUT2D eigenvalue weighted by Gasteiger charge is -2.08. The van der Waals surface area contributed by atoms with Gasteiger partial charge in [-0.05, 0) is 43.9 Å². The molecule has 0 aliphatic rings. The van der Waals surface area contributed by atoms with Crippen LogP contribution in [-0.2, 0) is 16.0 Å². The van der Waals surface area contributed by atoms with Crippen LogP contribution in [0.25, 0.3) is 6.08 Å². The van der Waals surface area contributed by atoms with Crippen molar-refractivity contribution < 1.29 is 14.8 Å². The van der Waals surface area contributed by atoms with E-state index in [9.17, 15) is 9.59 Å². The molecule has 0 radical (unpaired) electrons. The van der Waals surface area contributed by atoms with E-state index < -0.39 is 5.91 Å². The zero-order valence-corrected chi connectivity index (χ0v) is 12.4. The van der Waals surface area contributed by atoms with Crippen LogP contribution in [0.15, 0.2) is 30.3 Å². The third kappa shape index (κ3) is 7.27. The molecule has 0 spiro atoms. The van der Waals surface area contributed by atoms with Gasteiger partial charge in [0.15, 0.2) is 0 Å². The van der Waals surface area contributed by atoms with Gasteiger partial charge in [-0.15, -0.1) is 0 Å². The van der Waals surface area contributed by atoms with Crippen molar-refractivity contribution in [2.75, 3.05) is 0 Å². The zero-order valence-electron chi connectivity index (χ0n) is 12.4. The molecule has 21 heavy (non-hydrogen) atoms. The number of benzene rings is 1. The standard InChI is InChI=1S/C16H22N2O3/c1-12(2)17-15(19)5-3-4-13-6-8-14(9-7-13)10-11-16(20)18-21/h6-12,21H,3-5H2,1-2H3,(H,17,19)(H,18,20)/b11-10+. The lowest BCUT2D eigenvalue weighted by atomic mass is 10.1.